The number of halogens is 2. The lowest BCUT2D eigenvalue weighted by atomic mass is 9.89. The van der Waals surface area contributed by atoms with Crippen LogP contribution in [0.5, 0.6) is 69.0 Å². The number of carbonyl (C=O) groups excluding carboxylic acids is 9. The molecule has 0 aliphatic carbocycles. The third kappa shape index (κ3) is 22.7. The SMILES string of the molecule is CC(C)CCCCCCC(=O)N[C@H]1[C@H](Oc2c3cc4cc2Oc2ccc(cc2Cl)C[C@H]2NC(=O)[C@@H](NC(=O)OCc5ccccc5)c5ccc(O)c(c5)Oc5cc(O)cc(c5)[C@H](NC2=O)C(=O)N[C@H]4C(=O)N[C@H]2C(=O)N[C@@H](Cc4ccc(c(Cl)c4)O3)C(=O)N[C@@H](C(=O)NCCCN(C)C)c3cc(O)cc(O[C@H]4O[C@H](CO)[C@@H](O)[C@H](O)[C@@H]4O)c3-c3cc2ccc3O)O[C@H](CO)[C@@H](O)[C@@H]1O. The molecule has 0 radical (unpaired) electrons. The topological polar surface area (TPSA) is 562 Å². The number of nitrogens with zero attached hydrogens (tertiary/aromatic N) is 1. The predicted octanol–water partition coefficient (Wildman–Crippen LogP) is 5.51. The van der Waals surface area contributed by atoms with E-state index in [1.54, 1.807) is 44.4 Å². The second kappa shape index (κ2) is 42.4. The van der Waals surface area contributed by atoms with Crippen molar-refractivity contribution in [1.29, 1.82) is 0 Å². The number of aliphatic hydroxyl groups is 7. The molecular weight excluding hydrogens is 1780 g/mol. The minimum atomic E-state index is -2.40. The summed E-state index contributed by atoms with van der Waals surface area (Å²) in [6.45, 7) is 2.39. The minimum absolute atomic E-state index is 0.0427. The van der Waals surface area contributed by atoms with Gasteiger partial charge in [-0.05, 0) is 163 Å². The van der Waals surface area contributed by atoms with Crippen molar-refractivity contribution < 1.29 is 137 Å². The average molecular weight is 1880 g/mol. The number of nitrogens with one attached hydrogen (secondary N) is 9. The zero-order chi connectivity index (χ0) is 94.9. The van der Waals surface area contributed by atoms with E-state index in [-0.39, 0.29) is 80.2 Å². The zero-order valence-corrected chi connectivity index (χ0v) is 73.7. The number of amides is 9. The van der Waals surface area contributed by atoms with Crippen molar-refractivity contribution in [2.75, 3.05) is 40.4 Å². The first-order valence-corrected chi connectivity index (χ1v) is 43.8. The van der Waals surface area contributed by atoms with Gasteiger partial charge in [0.2, 0.25) is 65.6 Å². The molecule has 133 heavy (non-hydrogen) atoms. The van der Waals surface area contributed by atoms with E-state index >= 15 is 33.6 Å². The van der Waals surface area contributed by atoms with E-state index in [0.29, 0.717) is 37.3 Å². The number of carbonyl (C=O) groups is 9. The molecule has 20 N–H and O–H groups in total. The monoisotopic (exact) mass is 1880 g/mol. The summed E-state index contributed by atoms with van der Waals surface area (Å²) in [6.07, 6.45) is -15.7. The van der Waals surface area contributed by atoms with Gasteiger partial charge in [-0.25, -0.2) is 4.79 Å². The van der Waals surface area contributed by atoms with Crippen LogP contribution in [-0.4, -0.2) is 228 Å². The fourth-order valence-corrected chi connectivity index (χ4v) is 16.8. The molecule has 38 nitrogen and oxygen atoms in total. The predicted molar refractivity (Wildman–Crippen MR) is 472 cm³/mol. The number of hydrogen-bond acceptors (Lipinski definition) is 29. The van der Waals surface area contributed by atoms with Gasteiger partial charge < -0.3 is 147 Å². The number of aliphatic hydroxyl groups excluding tert-OH is 7. The van der Waals surface area contributed by atoms with Crippen molar-refractivity contribution in [2.45, 2.75) is 182 Å². The minimum Gasteiger partial charge on any atom is -0.508 e. The Morgan fingerprint density at radius 3 is 1.73 bits per heavy atom. The second-order valence-electron chi connectivity index (χ2n) is 33.8. The summed E-state index contributed by atoms with van der Waals surface area (Å²) >= 11 is 14.7. The van der Waals surface area contributed by atoms with Crippen LogP contribution in [0.2, 0.25) is 10.0 Å². The molecule has 40 heteroatoms. The molecule has 706 valence electrons. The van der Waals surface area contributed by atoms with Crippen molar-refractivity contribution in [1.82, 2.24) is 52.8 Å². The normalized spacial score (nSPS) is 24.7. The number of aromatic hydroxyl groups is 4. The first-order chi connectivity index (χ1) is 63.6. The molecule has 8 heterocycles. The van der Waals surface area contributed by atoms with Gasteiger partial charge in [-0.1, -0.05) is 117 Å². The van der Waals surface area contributed by atoms with Gasteiger partial charge in [0, 0.05) is 49.1 Å². The Labute approximate surface area is 771 Å². The number of hydrogen-bond donors (Lipinski definition) is 20. The van der Waals surface area contributed by atoms with Gasteiger partial charge in [0.15, 0.2) is 23.0 Å². The molecule has 17 bridgehead atoms. The van der Waals surface area contributed by atoms with E-state index in [2.05, 4.69) is 61.7 Å². The van der Waals surface area contributed by atoms with Crippen molar-refractivity contribution in [3.63, 3.8) is 0 Å². The van der Waals surface area contributed by atoms with E-state index < -0.39 is 251 Å². The molecule has 0 aromatic heterocycles. The fraction of sp³-hybridized carbons (Fsp3) is 0.387. The second-order valence-corrected chi connectivity index (χ2v) is 34.6. The molecule has 9 amide bonds. The number of fused-ring (bicyclic) bond motifs is 14. The van der Waals surface area contributed by atoms with Gasteiger partial charge in [-0.15, -0.1) is 0 Å². The third-order valence-corrected chi connectivity index (χ3v) is 23.9. The molecule has 8 aromatic rings. The summed E-state index contributed by atoms with van der Waals surface area (Å²) in [4.78, 5) is 142. The molecule has 8 aromatic carbocycles. The number of ether oxygens (including phenoxy) is 8. The molecule has 2 fully saturated rings. The van der Waals surface area contributed by atoms with Crippen molar-refractivity contribution >= 4 is 76.6 Å². The van der Waals surface area contributed by atoms with Crippen LogP contribution in [0.1, 0.15) is 134 Å². The van der Waals surface area contributed by atoms with Crippen LogP contribution < -0.4 is 71.5 Å². The van der Waals surface area contributed by atoms with Crippen LogP contribution >= 0.6 is 23.2 Å². The third-order valence-electron chi connectivity index (χ3n) is 23.3. The van der Waals surface area contributed by atoms with Crippen molar-refractivity contribution in [2.24, 2.45) is 5.92 Å². The Morgan fingerprint density at radius 2 is 1.09 bits per heavy atom. The molecule has 0 saturated carbocycles. The van der Waals surface area contributed by atoms with Gasteiger partial charge in [-0.3, -0.25) is 38.4 Å². The number of phenolic OH excluding ortho intramolecular Hbond substituents is 4. The maximum atomic E-state index is 16.9. The zero-order valence-electron chi connectivity index (χ0n) is 72.2. The quantitative estimate of drug-likeness (QED) is 0.0372. The number of unbranched alkanes of at least 4 members (excludes halogenated alkanes) is 3. The lowest BCUT2D eigenvalue weighted by Crippen LogP contribution is -2.65. The highest BCUT2D eigenvalue weighted by molar-refractivity contribution is 6.32. The van der Waals surface area contributed by atoms with E-state index in [9.17, 15) is 65.8 Å². The van der Waals surface area contributed by atoms with Crippen molar-refractivity contribution in [3.8, 4) is 80.1 Å². The van der Waals surface area contributed by atoms with Crippen LogP contribution in [-0.2, 0) is 72.0 Å². The van der Waals surface area contributed by atoms with Crippen LogP contribution in [0.25, 0.3) is 11.1 Å². The Morgan fingerprint density at radius 1 is 0.519 bits per heavy atom. The maximum absolute atomic E-state index is 16.9. The van der Waals surface area contributed by atoms with Crippen LogP contribution in [0.4, 0.5) is 4.79 Å². The first-order valence-electron chi connectivity index (χ1n) is 43.1. The number of benzene rings is 8. The lowest BCUT2D eigenvalue weighted by Gasteiger charge is -2.42. The number of rotatable bonds is 22. The van der Waals surface area contributed by atoms with Gasteiger partial charge in [0.25, 0.3) is 0 Å². The largest absolute Gasteiger partial charge is 0.508 e. The number of phenols is 4. The molecule has 2 saturated heterocycles. The lowest BCUT2D eigenvalue weighted by molar-refractivity contribution is -0.277. The average Bonchev–Trinajstić information content (AvgIpc) is 0.753. The smallest absolute Gasteiger partial charge is 0.408 e. The molecule has 16 rings (SSSR count). The standard InChI is InChI=1S/C93H102Cl2N10O28/c1-43(2)13-8-5-6-11-16-70(112)99-77-80(115)78(113)68(40-106)131-91(77)133-83-66-35-50-36-67(83)129-63-24-18-46(28-57(63)95)30-59-85(119)103-76(86(120)96-25-12-26-105(3)4)55-38-52(109)39-65(130-92-82(117)81(116)79(114)69(41-107)132-92)71(55)54-33-47(19-21-60(54)110)72(87(121)97-59)101-90(124)75(50)102-89(123)74-49-31-51(108)37-53(32-49)127-64-34-48(20-22-61(64)111)73(104-93(125)126-42-44-14-9-7-10-15-44)88(122)98-58(84(118)100-74)29-45-17-23-62(128-66)56(94)27-45/h7,9-10,14-15,17-24,27-28,31-39,43,58-59,68-69,72-82,91-92,106-111,113-117H,5-6,8,11-13,16,25-26,29-30,40-42H2,1-4H3,(H,96,120)(H,97,121)(H,98,122)(H,99,112)(H,100,118)(H,101,124)(H,102,123)(H,103,119)(H,104,125)/t58-,59+,68-,69-,72-,73+,74+,75-,76-,77-,78-,79-,80-,81+,82+,91+,92+/m1/s1. The highest BCUT2D eigenvalue weighted by atomic mass is 35.5. The van der Waals surface area contributed by atoms with Gasteiger partial charge in [-0.2, -0.15) is 0 Å². The Hall–Kier alpha value is -12.8. The summed E-state index contributed by atoms with van der Waals surface area (Å²) in [6, 6.07) is 14.8. The van der Waals surface area contributed by atoms with Gasteiger partial charge in [0.05, 0.1) is 23.3 Å². The van der Waals surface area contributed by atoms with E-state index in [1.165, 1.54) is 48.5 Å². The Bertz CT molecular complexity index is 5680. The van der Waals surface area contributed by atoms with E-state index in [0.717, 1.165) is 86.0 Å². The summed E-state index contributed by atoms with van der Waals surface area (Å²) < 4.78 is 50.7. The Kier molecular flexibility index (Phi) is 30.7. The highest BCUT2D eigenvalue weighted by Crippen LogP contribution is 2.51. The number of alkyl carbamates (subject to hydrolysis) is 1. The summed E-state index contributed by atoms with van der Waals surface area (Å²) in [5.74, 6) is -15.0. The molecular formula is C93H102Cl2N10O28. The molecule has 0 unspecified atom stereocenters. The highest BCUT2D eigenvalue weighted by Gasteiger charge is 2.50. The van der Waals surface area contributed by atoms with Gasteiger partial charge >= 0.3 is 6.09 Å². The van der Waals surface area contributed by atoms with E-state index in [4.69, 9.17) is 61.1 Å². The van der Waals surface area contributed by atoms with Gasteiger partial charge in [0.1, 0.15) is 138 Å². The van der Waals surface area contributed by atoms with Crippen LogP contribution in [0.15, 0.2) is 146 Å². The summed E-state index contributed by atoms with van der Waals surface area (Å²) in [5.41, 5.74) is -1.58. The summed E-state index contributed by atoms with van der Waals surface area (Å²) in [7, 11) is 3.57. The first kappa shape index (κ1) is 96.2. The maximum Gasteiger partial charge on any atom is 0.408 e. The van der Waals surface area contributed by atoms with Crippen molar-refractivity contribution in [3.05, 3.63) is 200 Å². The Balaban J connectivity index is 0.978. The molecule has 8 aliphatic heterocycles. The summed E-state index contributed by atoms with van der Waals surface area (Å²) in [5, 5.41) is 150. The molecule has 0 spiro atoms. The van der Waals surface area contributed by atoms with Crippen LogP contribution in [0.3, 0.4) is 0 Å². The fourth-order valence-electron chi connectivity index (χ4n) is 16.3. The molecule has 17 atom stereocenters. The van der Waals surface area contributed by atoms with Crippen LogP contribution in [0, 0.1) is 5.92 Å². The van der Waals surface area contributed by atoms with E-state index in [1.807, 2.05) is 4.90 Å². The molecule has 8 aliphatic rings.